The Hall–Kier alpha value is -2.25. The molecule has 0 unspecified atom stereocenters. The molecule has 2 aromatic rings. The lowest BCUT2D eigenvalue weighted by atomic mass is 10.1. The molecule has 1 aromatic heterocycles. The molecule has 128 valence electrons. The standard InChI is InChI=1S/C16H17F3N4O/c1-9-8-20-14(24)11-6-10(17)7-12-13(11)23(9)15(21-12)22-4-2-16(18,19)3-5-22/h6-7,9H,2-5,8H2,1H3,(H,20,24)/t9-/m1/s1. The molecule has 0 saturated carbocycles. The summed E-state index contributed by atoms with van der Waals surface area (Å²) in [6.07, 6.45) is -0.466. The summed E-state index contributed by atoms with van der Waals surface area (Å²) in [4.78, 5) is 18.5. The molecule has 1 N–H and O–H groups in total. The number of amides is 1. The molecular weight excluding hydrogens is 321 g/mol. The van der Waals surface area contributed by atoms with Crippen molar-refractivity contribution in [2.24, 2.45) is 0 Å². The van der Waals surface area contributed by atoms with E-state index in [1.807, 2.05) is 11.5 Å². The third-order valence-electron chi connectivity index (χ3n) is 4.75. The Labute approximate surface area is 136 Å². The maximum Gasteiger partial charge on any atom is 0.253 e. The molecule has 8 heteroatoms. The van der Waals surface area contributed by atoms with E-state index in [9.17, 15) is 18.0 Å². The van der Waals surface area contributed by atoms with Crippen LogP contribution in [-0.4, -0.2) is 41.0 Å². The van der Waals surface area contributed by atoms with Gasteiger partial charge < -0.3 is 14.8 Å². The fourth-order valence-electron chi connectivity index (χ4n) is 3.46. The zero-order chi connectivity index (χ0) is 17.1. The number of nitrogens with one attached hydrogen (secondary N) is 1. The second-order valence-corrected chi connectivity index (χ2v) is 6.50. The summed E-state index contributed by atoms with van der Waals surface area (Å²) in [6.45, 7) is 2.66. The van der Waals surface area contributed by atoms with Crippen LogP contribution in [0.5, 0.6) is 0 Å². The number of alkyl halides is 2. The van der Waals surface area contributed by atoms with Gasteiger partial charge in [0.05, 0.1) is 22.6 Å². The average molecular weight is 338 g/mol. The molecule has 4 rings (SSSR count). The van der Waals surface area contributed by atoms with Crippen LogP contribution in [0.3, 0.4) is 0 Å². The Morgan fingerprint density at radius 3 is 2.71 bits per heavy atom. The van der Waals surface area contributed by atoms with Gasteiger partial charge in [0.2, 0.25) is 5.95 Å². The van der Waals surface area contributed by atoms with Crippen LogP contribution in [-0.2, 0) is 0 Å². The molecule has 2 aliphatic heterocycles. The van der Waals surface area contributed by atoms with Crippen LogP contribution in [0.4, 0.5) is 19.1 Å². The monoisotopic (exact) mass is 338 g/mol. The van der Waals surface area contributed by atoms with Gasteiger partial charge in [-0.2, -0.15) is 0 Å². The molecule has 0 aliphatic carbocycles. The van der Waals surface area contributed by atoms with Gasteiger partial charge in [0.15, 0.2) is 0 Å². The van der Waals surface area contributed by atoms with Crippen molar-refractivity contribution in [3.63, 3.8) is 0 Å². The Bertz CT molecular complexity index is 822. The topological polar surface area (TPSA) is 50.2 Å². The zero-order valence-corrected chi connectivity index (χ0v) is 13.2. The fraction of sp³-hybridized carbons (Fsp3) is 0.500. The van der Waals surface area contributed by atoms with E-state index in [-0.39, 0.29) is 43.4 Å². The SMILES string of the molecule is C[C@@H]1CNC(=O)c2cc(F)cc3nc(N4CCC(F)(F)CC4)n1c23. The highest BCUT2D eigenvalue weighted by atomic mass is 19.3. The molecule has 3 heterocycles. The summed E-state index contributed by atoms with van der Waals surface area (Å²) in [5, 5.41) is 2.76. The molecule has 5 nitrogen and oxygen atoms in total. The van der Waals surface area contributed by atoms with Gasteiger partial charge in [-0.3, -0.25) is 4.79 Å². The van der Waals surface area contributed by atoms with E-state index in [2.05, 4.69) is 10.3 Å². The molecule has 1 fully saturated rings. The lowest BCUT2D eigenvalue weighted by Crippen LogP contribution is -2.41. The molecule has 24 heavy (non-hydrogen) atoms. The molecule has 1 saturated heterocycles. The number of carbonyl (C=O) groups is 1. The number of piperidine rings is 1. The number of rotatable bonds is 1. The summed E-state index contributed by atoms with van der Waals surface area (Å²) in [5.41, 5.74) is 1.17. The quantitative estimate of drug-likeness (QED) is 0.870. The Balaban J connectivity index is 1.88. The van der Waals surface area contributed by atoms with Crippen LogP contribution in [0.25, 0.3) is 11.0 Å². The van der Waals surface area contributed by atoms with Gasteiger partial charge in [-0.1, -0.05) is 0 Å². The first-order valence-electron chi connectivity index (χ1n) is 7.98. The first-order chi connectivity index (χ1) is 11.4. The van der Waals surface area contributed by atoms with Crippen molar-refractivity contribution in [3.05, 3.63) is 23.5 Å². The van der Waals surface area contributed by atoms with Crippen molar-refractivity contribution in [2.75, 3.05) is 24.5 Å². The van der Waals surface area contributed by atoms with E-state index < -0.39 is 11.7 Å². The zero-order valence-electron chi connectivity index (χ0n) is 13.2. The fourth-order valence-corrected chi connectivity index (χ4v) is 3.46. The number of hydrogen-bond acceptors (Lipinski definition) is 3. The van der Waals surface area contributed by atoms with Crippen molar-refractivity contribution >= 4 is 22.9 Å². The van der Waals surface area contributed by atoms with E-state index in [0.717, 1.165) is 0 Å². The normalized spacial score (nSPS) is 23.2. The Kier molecular flexibility index (Phi) is 3.26. The largest absolute Gasteiger partial charge is 0.350 e. The van der Waals surface area contributed by atoms with Crippen LogP contribution in [0.15, 0.2) is 12.1 Å². The number of anilines is 1. The summed E-state index contributed by atoms with van der Waals surface area (Å²) >= 11 is 0. The highest BCUT2D eigenvalue weighted by molar-refractivity contribution is 6.06. The van der Waals surface area contributed by atoms with E-state index in [1.165, 1.54) is 12.1 Å². The van der Waals surface area contributed by atoms with Gasteiger partial charge in [0, 0.05) is 38.5 Å². The highest BCUT2D eigenvalue weighted by Gasteiger charge is 2.36. The minimum atomic E-state index is -2.65. The number of aromatic nitrogens is 2. The molecule has 0 radical (unpaired) electrons. The summed E-state index contributed by atoms with van der Waals surface area (Å²) in [5.74, 6) is -3.01. The summed E-state index contributed by atoms with van der Waals surface area (Å²) in [6, 6.07) is 2.37. The first kappa shape index (κ1) is 15.3. The third kappa shape index (κ3) is 2.32. The molecule has 2 aliphatic rings. The van der Waals surface area contributed by atoms with E-state index in [0.29, 0.717) is 23.5 Å². The summed E-state index contributed by atoms with van der Waals surface area (Å²) in [7, 11) is 0. The molecule has 1 aromatic carbocycles. The van der Waals surface area contributed by atoms with Crippen LogP contribution >= 0.6 is 0 Å². The number of carbonyl (C=O) groups excluding carboxylic acids is 1. The van der Waals surface area contributed by atoms with Crippen molar-refractivity contribution < 1.29 is 18.0 Å². The molecule has 1 atom stereocenters. The average Bonchev–Trinajstić information content (AvgIpc) is 2.84. The van der Waals surface area contributed by atoms with E-state index >= 15 is 0 Å². The lowest BCUT2D eigenvalue weighted by Gasteiger charge is -2.33. The Morgan fingerprint density at radius 2 is 2.00 bits per heavy atom. The molecule has 0 bridgehead atoms. The Morgan fingerprint density at radius 1 is 1.29 bits per heavy atom. The van der Waals surface area contributed by atoms with Crippen LogP contribution < -0.4 is 10.2 Å². The molecule has 0 spiro atoms. The van der Waals surface area contributed by atoms with Crippen LogP contribution in [0.1, 0.15) is 36.2 Å². The predicted molar refractivity (Wildman–Crippen MR) is 83.1 cm³/mol. The molecule has 1 amide bonds. The van der Waals surface area contributed by atoms with E-state index in [4.69, 9.17) is 0 Å². The number of halogens is 3. The second kappa shape index (κ2) is 5.12. The minimum Gasteiger partial charge on any atom is -0.350 e. The van der Waals surface area contributed by atoms with Crippen molar-refractivity contribution in [1.82, 2.24) is 14.9 Å². The van der Waals surface area contributed by atoms with Crippen LogP contribution in [0, 0.1) is 5.82 Å². The lowest BCUT2D eigenvalue weighted by molar-refractivity contribution is -0.0223. The number of hydrogen-bond donors (Lipinski definition) is 1. The highest BCUT2D eigenvalue weighted by Crippen LogP contribution is 2.35. The van der Waals surface area contributed by atoms with Gasteiger partial charge in [-0.05, 0) is 13.0 Å². The minimum absolute atomic E-state index is 0.108. The van der Waals surface area contributed by atoms with Gasteiger partial charge in [-0.15, -0.1) is 0 Å². The maximum absolute atomic E-state index is 13.9. The number of benzene rings is 1. The van der Waals surface area contributed by atoms with Gasteiger partial charge in [-0.25, -0.2) is 18.2 Å². The van der Waals surface area contributed by atoms with Crippen molar-refractivity contribution in [3.8, 4) is 0 Å². The molecular formula is C16H17F3N4O. The number of nitrogens with zero attached hydrogens (tertiary/aromatic N) is 3. The predicted octanol–water partition coefficient (Wildman–Crippen LogP) is 2.72. The second-order valence-electron chi connectivity index (χ2n) is 6.50. The first-order valence-corrected chi connectivity index (χ1v) is 7.98. The summed E-state index contributed by atoms with van der Waals surface area (Å²) < 4.78 is 42.6. The maximum atomic E-state index is 13.9. The van der Waals surface area contributed by atoms with Crippen LogP contribution in [0.2, 0.25) is 0 Å². The van der Waals surface area contributed by atoms with Gasteiger partial charge in [0.25, 0.3) is 11.8 Å². The van der Waals surface area contributed by atoms with Crippen molar-refractivity contribution in [1.29, 1.82) is 0 Å². The number of imidazole rings is 1. The van der Waals surface area contributed by atoms with Gasteiger partial charge >= 0.3 is 0 Å². The smallest absolute Gasteiger partial charge is 0.253 e. The third-order valence-corrected chi connectivity index (χ3v) is 4.75. The van der Waals surface area contributed by atoms with E-state index in [1.54, 1.807) is 4.90 Å². The van der Waals surface area contributed by atoms with Crippen molar-refractivity contribution in [2.45, 2.75) is 31.7 Å². The van der Waals surface area contributed by atoms with Gasteiger partial charge in [0.1, 0.15) is 5.82 Å².